The zero-order chi connectivity index (χ0) is 9.90. The Morgan fingerprint density at radius 1 is 1.38 bits per heavy atom. The highest BCUT2D eigenvalue weighted by atomic mass is 16.5. The minimum Gasteiger partial charge on any atom is -0.387 e. The van der Waals surface area contributed by atoms with Crippen molar-refractivity contribution in [2.45, 2.75) is 38.4 Å². The van der Waals surface area contributed by atoms with Crippen LogP contribution in [0.4, 0.5) is 0 Å². The van der Waals surface area contributed by atoms with Crippen LogP contribution in [0, 0.1) is 0 Å². The van der Waals surface area contributed by atoms with Crippen LogP contribution in [-0.2, 0) is 4.74 Å². The first kappa shape index (κ1) is 11.0. The van der Waals surface area contributed by atoms with Crippen LogP contribution in [0.3, 0.4) is 0 Å². The molecule has 3 nitrogen and oxygen atoms in total. The van der Waals surface area contributed by atoms with Crippen LogP contribution in [0.15, 0.2) is 0 Å². The Balaban J connectivity index is 2.30. The normalized spacial score (nSPS) is 23.8. The molecule has 1 N–H and O–H groups in total. The third kappa shape index (κ3) is 3.63. The van der Waals surface area contributed by atoms with E-state index >= 15 is 0 Å². The van der Waals surface area contributed by atoms with E-state index in [9.17, 15) is 5.11 Å². The first-order chi connectivity index (χ1) is 6.02. The Morgan fingerprint density at radius 3 is 2.38 bits per heavy atom. The third-order valence-electron chi connectivity index (χ3n) is 2.60. The Kier molecular flexibility index (Phi) is 3.71. The quantitative estimate of drug-likeness (QED) is 0.711. The summed E-state index contributed by atoms with van der Waals surface area (Å²) in [7, 11) is 2.09. The van der Waals surface area contributed by atoms with E-state index in [1.54, 1.807) is 0 Å². The summed E-state index contributed by atoms with van der Waals surface area (Å²) >= 11 is 0. The van der Waals surface area contributed by atoms with Crippen molar-refractivity contribution in [3.8, 4) is 0 Å². The number of piperidine rings is 1. The minimum atomic E-state index is -0.573. The molecule has 13 heavy (non-hydrogen) atoms. The zero-order valence-electron chi connectivity index (χ0n) is 8.92. The van der Waals surface area contributed by atoms with Gasteiger partial charge in [-0.05, 0) is 33.7 Å². The highest BCUT2D eigenvalue weighted by Crippen LogP contribution is 2.21. The zero-order valence-corrected chi connectivity index (χ0v) is 8.92. The molecule has 0 radical (unpaired) electrons. The van der Waals surface area contributed by atoms with Gasteiger partial charge in [-0.15, -0.1) is 0 Å². The van der Waals surface area contributed by atoms with E-state index in [1.165, 1.54) is 0 Å². The van der Waals surface area contributed by atoms with Gasteiger partial charge in [0, 0.05) is 13.1 Å². The van der Waals surface area contributed by atoms with Crippen LogP contribution in [0.5, 0.6) is 0 Å². The van der Waals surface area contributed by atoms with Crippen LogP contribution in [0.2, 0.25) is 0 Å². The van der Waals surface area contributed by atoms with Crippen molar-refractivity contribution >= 4 is 0 Å². The fourth-order valence-electron chi connectivity index (χ4n) is 1.50. The molecule has 1 aliphatic rings. The van der Waals surface area contributed by atoms with Gasteiger partial charge in [0.25, 0.3) is 0 Å². The number of hydrogen-bond acceptors (Lipinski definition) is 3. The van der Waals surface area contributed by atoms with Gasteiger partial charge in [0.15, 0.2) is 0 Å². The predicted octanol–water partition coefficient (Wildman–Crippen LogP) is 0.868. The third-order valence-corrected chi connectivity index (χ3v) is 2.60. The Bertz CT molecular complexity index is 151. The monoisotopic (exact) mass is 187 g/mol. The summed E-state index contributed by atoms with van der Waals surface area (Å²) in [6.07, 6.45) is 1.87. The lowest BCUT2D eigenvalue weighted by Crippen LogP contribution is -2.46. The standard InChI is InChI=1S/C10H21NO2/c1-9(2)13-8-10(12)4-6-11(3)7-5-10/h9,12H,4-8H2,1-3H3. The van der Waals surface area contributed by atoms with Crippen molar-refractivity contribution in [1.82, 2.24) is 4.90 Å². The second kappa shape index (κ2) is 4.40. The molecule has 0 saturated carbocycles. The molecule has 0 aromatic heterocycles. The number of likely N-dealkylation sites (tertiary alicyclic amines) is 1. The maximum absolute atomic E-state index is 10.1. The summed E-state index contributed by atoms with van der Waals surface area (Å²) in [5.74, 6) is 0. The van der Waals surface area contributed by atoms with Crippen molar-refractivity contribution in [1.29, 1.82) is 0 Å². The van der Waals surface area contributed by atoms with Gasteiger partial charge in [-0.25, -0.2) is 0 Å². The summed E-state index contributed by atoms with van der Waals surface area (Å²) in [6.45, 7) is 6.42. The van der Waals surface area contributed by atoms with Gasteiger partial charge in [0.05, 0.1) is 18.3 Å². The van der Waals surface area contributed by atoms with Crippen LogP contribution < -0.4 is 0 Å². The molecule has 1 saturated heterocycles. The average molecular weight is 187 g/mol. The summed E-state index contributed by atoms with van der Waals surface area (Å²) in [5, 5.41) is 10.1. The van der Waals surface area contributed by atoms with Gasteiger partial charge >= 0.3 is 0 Å². The van der Waals surface area contributed by atoms with Crippen molar-refractivity contribution in [3.05, 3.63) is 0 Å². The minimum absolute atomic E-state index is 0.212. The molecule has 1 rings (SSSR count). The summed E-state index contributed by atoms with van der Waals surface area (Å²) in [6, 6.07) is 0. The largest absolute Gasteiger partial charge is 0.387 e. The second-order valence-electron chi connectivity index (χ2n) is 4.39. The fraction of sp³-hybridized carbons (Fsp3) is 1.00. The molecule has 1 heterocycles. The van der Waals surface area contributed by atoms with Crippen molar-refractivity contribution in [2.75, 3.05) is 26.7 Å². The van der Waals surface area contributed by atoms with Gasteiger partial charge < -0.3 is 14.7 Å². The smallest absolute Gasteiger partial charge is 0.0904 e. The van der Waals surface area contributed by atoms with E-state index in [4.69, 9.17) is 4.74 Å². The van der Waals surface area contributed by atoms with Crippen molar-refractivity contribution < 1.29 is 9.84 Å². The Hall–Kier alpha value is -0.120. The molecule has 0 atom stereocenters. The van der Waals surface area contributed by atoms with E-state index in [0.29, 0.717) is 6.61 Å². The lowest BCUT2D eigenvalue weighted by Gasteiger charge is -2.36. The van der Waals surface area contributed by atoms with Crippen molar-refractivity contribution in [2.24, 2.45) is 0 Å². The molecular weight excluding hydrogens is 166 g/mol. The summed E-state index contributed by atoms with van der Waals surface area (Å²) in [5.41, 5.74) is -0.573. The predicted molar refractivity (Wildman–Crippen MR) is 52.8 cm³/mol. The maximum atomic E-state index is 10.1. The molecule has 1 fully saturated rings. The fourth-order valence-corrected chi connectivity index (χ4v) is 1.50. The second-order valence-corrected chi connectivity index (χ2v) is 4.39. The van der Waals surface area contributed by atoms with E-state index in [-0.39, 0.29) is 6.10 Å². The molecule has 0 aromatic carbocycles. The van der Waals surface area contributed by atoms with Crippen LogP contribution in [0.1, 0.15) is 26.7 Å². The first-order valence-corrected chi connectivity index (χ1v) is 5.04. The highest BCUT2D eigenvalue weighted by molar-refractivity contribution is 4.84. The first-order valence-electron chi connectivity index (χ1n) is 5.04. The number of ether oxygens (including phenoxy) is 1. The van der Waals surface area contributed by atoms with E-state index in [1.807, 2.05) is 13.8 Å². The van der Waals surface area contributed by atoms with Crippen molar-refractivity contribution in [3.63, 3.8) is 0 Å². The van der Waals surface area contributed by atoms with Crippen LogP contribution >= 0.6 is 0 Å². The van der Waals surface area contributed by atoms with E-state index in [2.05, 4.69) is 11.9 Å². The van der Waals surface area contributed by atoms with Crippen LogP contribution in [0.25, 0.3) is 0 Å². The SMILES string of the molecule is CC(C)OCC1(O)CCN(C)CC1. The van der Waals surface area contributed by atoms with Crippen LogP contribution in [-0.4, -0.2) is 48.5 Å². The summed E-state index contributed by atoms with van der Waals surface area (Å²) < 4.78 is 5.45. The Morgan fingerprint density at radius 2 is 1.92 bits per heavy atom. The molecule has 78 valence electrons. The number of nitrogens with zero attached hydrogens (tertiary/aromatic N) is 1. The molecule has 0 unspecified atom stereocenters. The Labute approximate surface area is 80.7 Å². The van der Waals surface area contributed by atoms with Gasteiger partial charge in [0.2, 0.25) is 0 Å². The van der Waals surface area contributed by atoms with Gasteiger partial charge in [0.1, 0.15) is 0 Å². The summed E-state index contributed by atoms with van der Waals surface area (Å²) in [4.78, 5) is 2.24. The van der Waals surface area contributed by atoms with Gasteiger partial charge in [-0.1, -0.05) is 0 Å². The van der Waals surface area contributed by atoms with E-state index < -0.39 is 5.60 Å². The van der Waals surface area contributed by atoms with Gasteiger partial charge in [-0.2, -0.15) is 0 Å². The molecule has 1 aliphatic heterocycles. The molecule has 0 aliphatic carbocycles. The number of hydrogen-bond donors (Lipinski definition) is 1. The molecular formula is C10H21NO2. The lowest BCUT2D eigenvalue weighted by molar-refractivity contribution is -0.0920. The molecule has 3 heteroatoms. The van der Waals surface area contributed by atoms with E-state index in [0.717, 1.165) is 25.9 Å². The maximum Gasteiger partial charge on any atom is 0.0904 e. The lowest BCUT2D eigenvalue weighted by atomic mass is 9.93. The number of aliphatic hydroxyl groups is 1. The molecule has 0 spiro atoms. The number of rotatable bonds is 3. The van der Waals surface area contributed by atoms with Gasteiger partial charge in [-0.3, -0.25) is 0 Å². The average Bonchev–Trinajstić information content (AvgIpc) is 2.08. The molecule has 0 amide bonds. The molecule has 0 aromatic rings. The topological polar surface area (TPSA) is 32.7 Å². The highest BCUT2D eigenvalue weighted by Gasteiger charge is 2.31. The molecule has 0 bridgehead atoms.